The molecular weight excluding hydrogens is 248 g/mol. The molecule has 0 saturated heterocycles. The van der Waals surface area contributed by atoms with Crippen molar-refractivity contribution < 1.29 is 9.59 Å². The molecule has 0 unspecified atom stereocenters. The van der Waals surface area contributed by atoms with E-state index in [1.165, 1.54) is 0 Å². The van der Waals surface area contributed by atoms with Crippen LogP contribution in [0.4, 0.5) is 0 Å². The molecule has 2 aromatic carbocycles. The molecule has 20 heavy (non-hydrogen) atoms. The van der Waals surface area contributed by atoms with Gasteiger partial charge >= 0.3 is 0 Å². The number of carbonyl (C=O) groups excluding carboxylic acids is 2. The van der Waals surface area contributed by atoms with Crippen molar-refractivity contribution in [2.24, 2.45) is 5.41 Å². The Morgan fingerprint density at radius 2 is 1.45 bits per heavy atom. The lowest BCUT2D eigenvalue weighted by Gasteiger charge is -2.25. The smallest absolute Gasteiger partial charge is 0.233 e. The molecule has 3 rings (SSSR count). The van der Waals surface area contributed by atoms with E-state index in [9.17, 15) is 9.59 Å². The number of Topliss-reactive ketones (excluding diaryl/α,β-unsaturated/α-hetero) is 2. The van der Waals surface area contributed by atoms with Crippen molar-refractivity contribution in [2.75, 3.05) is 0 Å². The number of hydrogen-bond donors (Lipinski definition) is 0. The summed E-state index contributed by atoms with van der Waals surface area (Å²) in [5.41, 5.74) is 1.63. The van der Waals surface area contributed by atoms with Gasteiger partial charge in [-0.1, -0.05) is 45.0 Å². The van der Waals surface area contributed by atoms with Crippen molar-refractivity contribution in [3.63, 3.8) is 0 Å². The number of rotatable bonds is 0. The van der Waals surface area contributed by atoms with E-state index in [-0.39, 0.29) is 11.2 Å². The summed E-state index contributed by atoms with van der Waals surface area (Å²) >= 11 is 0. The van der Waals surface area contributed by atoms with Gasteiger partial charge in [-0.3, -0.25) is 9.59 Å². The van der Waals surface area contributed by atoms with E-state index in [1.54, 1.807) is 0 Å². The van der Waals surface area contributed by atoms with Crippen LogP contribution in [0.3, 0.4) is 0 Å². The summed E-state index contributed by atoms with van der Waals surface area (Å²) in [5.74, 6) is -0.765. The van der Waals surface area contributed by atoms with Crippen LogP contribution in [0.1, 0.15) is 36.7 Å². The molecule has 1 aliphatic carbocycles. The summed E-state index contributed by atoms with van der Waals surface area (Å²) in [6.07, 6.45) is 1.87. The fraction of sp³-hybridized carbons (Fsp3) is 0.222. The maximum atomic E-state index is 12.3. The predicted octanol–water partition coefficient (Wildman–Crippen LogP) is 4.03. The summed E-state index contributed by atoms with van der Waals surface area (Å²) in [6, 6.07) is 11.7. The lowest BCUT2D eigenvalue weighted by Crippen LogP contribution is -2.28. The lowest BCUT2D eigenvalue weighted by atomic mass is 9.77. The van der Waals surface area contributed by atoms with Gasteiger partial charge in [0, 0.05) is 11.1 Å². The van der Waals surface area contributed by atoms with E-state index in [0.717, 1.165) is 16.3 Å². The van der Waals surface area contributed by atoms with Crippen molar-refractivity contribution >= 4 is 28.4 Å². The Hall–Kier alpha value is -2.22. The Bertz CT molecular complexity index is 774. The standard InChI is InChI=1S/C18H16O2/c1-18(2,3)15-10-13-8-11-6-4-5-7-12(11)9-14(13)16(19)17(15)20/h4-10H,1-3H3. The average molecular weight is 264 g/mol. The highest BCUT2D eigenvalue weighted by molar-refractivity contribution is 6.52. The van der Waals surface area contributed by atoms with Gasteiger partial charge in [-0.2, -0.15) is 0 Å². The van der Waals surface area contributed by atoms with Crippen LogP contribution in [-0.4, -0.2) is 11.6 Å². The molecule has 0 spiro atoms. The van der Waals surface area contributed by atoms with Crippen LogP contribution in [0.5, 0.6) is 0 Å². The van der Waals surface area contributed by atoms with Crippen molar-refractivity contribution in [3.05, 3.63) is 53.1 Å². The monoisotopic (exact) mass is 264 g/mol. The van der Waals surface area contributed by atoms with Crippen molar-refractivity contribution in [1.29, 1.82) is 0 Å². The molecule has 0 aliphatic heterocycles. The molecule has 2 nitrogen and oxygen atoms in total. The van der Waals surface area contributed by atoms with Crippen molar-refractivity contribution in [3.8, 4) is 0 Å². The zero-order chi connectivity index (χ0) is 14.5. The zero-order valence-corrected chi connectivity index (χ0v) is 11.9. The first kappa shape index (κ1) is 12.8. The highest BCUT2D eigenvalue weighted by Crippen LogP contribution is 2.34. The van der Waals surface area contributed by atoms with Gasteiger partial charge in [0.2, 0.25) is 11.6 Å². The average Bonchev–Trinajstić information content (AvgIpc) is 2.40. The Morgan fingerprint density at radius 1 is 0.850 bits per heavy atom. The normalized spacial score (nSPS) is 15.2. The van der Waals surface area contributed by atoms with Crippen LogP contribution in [0.15, 0.2) is 42.0 Å². The number of hydrogen-bond acceptors (Lipinski definition) is 2. The Morgan fingerprint density at radius 3 is 2.05 bits per heavy atom. The van der Waals surface area contributed by atoms with Crippen LogP contribution in [0.2, 0.25) is 0 Å². The highest BCUT2D eigenvalue weighted by atomic mass is 16.2. The molecular formula is C18H16O2. The predicted molar refractivity (Wildman–Crippen MR) is 80.7 cm³/mol. The molecule has 1 aliphatic rings. The second kappa shape index (κ2) is 4.14. The van der Waals surface area contributed by atoms with Crippen LogP contribution < -0.4 is 0 Å². The highest BCUT2D eigenvalue weighted by Gasteiger charge is 2.33. The molecule has 2 heteroatoms. The van der Waals surface area contributed by atoms with Crippen LogP contribution >= 0.6 is 0 Å². The number of allylic oxidation sites excluding steroid dienone is 1. The zero-order valence-electron chi connectivity index (χ0n) is 11.9. The first-order valence-corrected chi connectivity index (χ1v) is 6.72. The van der Waals surface area contributed by atoms with Gasteiger partial charge in [-0.25, -0.2) is 0 Å². The van der Waals surface area contributed by atoms with Gasteiger partial charge in [0.1, 0.15) is 0 Å². The summed E-state index contributed by atoms with van der Waals surface area (Å²) in [5, 5.41) is 2.07. The number of fused-ring (bicyclic) bond motifs is 2. The van der Waals surface area contributed by atoms with E-state index < -0.39 is 5.78 Å². The first-order chi connectivity index (χ1) is 9.38. The molecule has 2 aromatic rings. The SMILES string of the molecule is CC(C)(C)C1=Cc2cc3ccccc3cc2C(=O)C1=O. The van der Waals surface area contributed by atoms with Crippen LogP contribution in [0.25, 0.3) is 16.8 Å². The van der Waals surface area contributed by atoms with Gasteiger partial charge in [0.05, 0.1) is 0 Å². The van der Waals surface area contributed by atoms with Gasteiger partial charge < -0.3 is 0 Å². The molecule has 0 aromatic heterocycles. The first-order valence-electron chi connectivity index (χ1n) is 6.72. The van der Waals surface area contributed by atoms with Gasteiger partial charge in [-0.05, 0) is 40.0 Å². The minimum absolute atomic E-state index is 0.323. The second-order valence-corrected chi connectivity index (χ2v) is 6.25. The number of carbonyl (C=O) groups is 2. The minimum Gasteiger partial charge on any atom is -0.285 e. The van der Waals surface area contributed by atoms with Crippen LogP contribution in [0, 0.1) is 5.41 Å². The minimum atomic E-state index is -0.391. The molecule has 0 radical (unpaired) electrons. The van der Waals surface area contributed by atoms with Crippen molar-refractivity contribution in [1.82, 2.24) is 0 Å². The maximum absolute atomic E-state index is 12.3. The second-order valence-electron chi connectivity index (χ2n) is 6.25. The summed E-state index contributed by atoms with van der Waals surface area (Å²) < 4.78 is 0. The maximum Gasteiger partial charge on any atom is 0.233 e. The quantitative estimate of drug-likeness (QED) is 0.673. The Kier molecular flexibility index (Phi) is 2.65. The van der Waals surface area contributed by atoms with Gasteiger partial charge in [-0.15, -0.1) is 0 Å². The fourth-order valence-corrected chi connectivity index (χ4v) is 2.60. The molecule has 100 valence electrons. The van der Waals surface area contributed by atoms with E-state index >= 15 is 0 Å². The van der Waals surface area contributed by atoms with Gasteiger partial charge in [0.25, 0.3) is 0 Å². The topological polar surface area (TPSA) is 34.1 Å². The van der Waals surface area contributed by atoms with E-state index in [1.807, 2.05) is 63.2 Å². The molecule has 0 N–H and O–H groups in total. The third-order valence-electron chi connectivity index (χ3n) is 3.72. The van der Waals surface area contributed by atoms with E-state index in [0.29, 0.717) is 11.1 Å². The van der Waals surface area contributed by atoms with Gasteiger partial charge in [0.15, 0.2) is 0 Å². The fourth-order valence-electron chi connectivity index (χ4n) is 2.60. The number of ketones is 2. The van der Waals surface area contributed by atoms with E-state index in [2.05, 4.69) is 0 Å². The Labute approximate surface area is 118 Å². The molecule has 0 atom stereocenters. The number of benzene rings is 2. The molecule has 0 saturated carbocycles. The van der Waals surface area contributed by atoms with Crippen molar-refractivity contribution in [2.45, 2.75) is 20.8 Å². The molecule has 0 fully saturated rings. The largest absolute Gasteiger partial charge is 0.285 e. The third-order valence-corrected chi connectivity index (χ3v) is 3.72. The molecule has 0 amide bonds. The lowest BCUT2D eigenvalue weighted by molar-refractivity contribution is -0.112. The molecule has 0 heterocycles. The Balaban J connectivity index is 2.31. The third kappa shape index (κ3) is 1.88. The summed E-state index contributed by atoms with van der Waals surface area (Å²) in [6.45, 7) is 5.86. The molecule has 0 bridgehead atoms. The van der Waals surface area contributed by atoms with Crippen LogP contribution in [-0.2, 0) is 4.79 Å². The summed E-state index contributed by atoms with van der Waals surface area (Å²) in [4.78, 5) is 24.6. The van der Waals surface area contributed by atoms with E-state index in [4.69, 9.17) is 0 Å². The summed E-state index contributed by atoms with van der Waals surface area (Å²) in [7, 11) is 0.